The summed E-state index contributed by atoms with van der Waals surface area (Å²) >= 11 is 5.60. The minimum atomic E-state index is -0.387. The van der Waals surface area contributed by atoms with Crippen molar-refractivity contribution >= 4 is 29.0 Å². The Morgan fingerprint density at radius 2 is 1.35 bits per heavy atom. The van der Waals surface area contributed by atoms with Crippen LogP contribution in [0.25, 0.3) is 0 Å². The number of carbonyl (C=O) groups excluding carboxylic acids is 1. The first-order valence-corrected chi connectivity index (χ1v) is 11.3. The van der Waals surface area contributed by atoms with E-state index < -0.39 is 0 Å². The molecule has 8 heteroatoms. The molecule has 0 atom stereocenters. The normalized spacial score (nSPS) is 14.2. The van der Waals surface area contributed by atoms with Gasteiger partial charge in [0.15, 0.2) is 5.11 Å². The SMILES string of the molecule is COC(=O)c1ccc(NC(=S)N2CCN(C(c3ccc(F)cc3)c3ccc(F)cc3)CC2)cc1. The number of anilines is 1. The van der Waals surface area contributed by atoms with E-state index in [2.05, 4.69) is 15.1 Å². The molecule has 34 heavy (non-hydrogen) atoms. The molecule has 1 N–H and O–H groups in total. The molecule has 1 saturated heterocycles. The largest absolute Gasteiger partial charge is 0.465 e. The third-order valence-corrected chi connectivity index (χ3v) is 6.26. The highest BCUT2D eigenvalue weighted by molar-refractivity contribution is 7.80. The molecule has 3 aromatic carbocycles. The zero-order valence-electron chi connectivity index (χ0n) is 18.7. The Bertz CT molecular complexity index is 1080. The number of nitrogens with zero attached hydrogens (tertiary/aromatic N) is 2. The van der Waals surface area contributed by atoms with Crippen molar-refractivity contribution < 1.29 is 18.3 Å². The minimum absolute atomic E-state index is 0.115. The van der Waals surface area contributed by atoms with Gasteiger partial charge in [0.2, 0.25) is 0 Å². The second-order valence-corrected chi connectivity index (χ2v) is 8.41. The lowest BCUT2D eigenvalue weighted by molar-refractivity contribution is 0.0601. The predicted molar refractivity (Wildman–Crippen MR) is 132 cm³/mol. The Morgan fingerprint density at radius 3 is 1.82 bits per heavy atom. The summed E-state index contributed by atoms with van der Waals surface area (Å²) in [5.41, 5.74) is 3.16. The molecule has 4 rings (SSSR count). The molecule has 1 heterocycles. The van der Waals surface area contributed by atoms with Gasteiger partial charge in [-0.15, -0.1) is 0 Å². The van der Waals surface area contributed by atoms with Gasteiger partial charge >= 0.3 is 5.97 Å². The van der Waals surface area contributed by atoms with Crippen molar-refractivity contribution in [3.8, 4) is 0 Å². The number of methoxy groups -OCH3 is 1. The van der Waals surface area contributed by atoms with Crippen LogP contribution in [-0.2, 0) is 4.74 Å². The fourth-order valence-corrected chi connectivity index (χ4v) is 4.40. The summed E-state index contributed by atoms with van der Waals surface area (Å²) < 4.78 is 31.8. The predicted octanol–water partition coefficient (Wildman–Crippen LogP) is 4.86. The van der Waals surface area contributed by atoms with E-state index >= 15 is 0 Å². The molecule has 0 unspecified atom stereocenters. The van der Waals surface area contributed by atoms with E-state index in [-0.39, 0.29) is 23.6 Å². The maximum Gasteiger partial charge on any atom is 0.337 e. The lowest BCUT2D eigenvalue weighted by Gasteiger charge is -2.40. The lowest BCUT2D eigenvalue weighted by Crippen LogP contribution is -2.51. The number of ether oxygens (including phenoxy) is 1. The molecule has 0 aromatic heterocycles. The molecule has 0 bridgehead atoms. The number of rotatable bonds is 5. The zero-order chi connectivity index (χ0) is 24.1. The Morgan fingerprint density at radius 1 is 0.853 bits per heavy atom. The quantitative estimate of drug-likeness (QED) is 0.415. The molecule has 5 nitrogen and oxygen atoms in total. The molecule has 0 aliphatic carbocycles. The number of esters is 1. The molecule has 1 aliphatic rings. The summed E-state index contributed by atoms with van der Waals surface area (Å²) in [4.78, 5) is 16.0. The highest BCUT2D eigenvalue weighted by Crippen LogP contribution is 2.30. The average molecular weight is 482 g/mol. The zero-order valence-corrected chi connectivity index (χ0v) is 19.5. The first-order valence-electron chi connectivity index (χ1n) is 10.9. The number of thiocarbonyl (C=S) groups is 1. The third kappa shape index (κ3) is 5.58. The maximum atomic E-state index is 13.5. The molecule has 1 fully saturated rings. The smallest absolute Gasteiger partial charge is 0.337 e. The van der Waals surface area contributed by atoms with E-state index in [1.165, 1.54) is 31.4 Å². The fourth-order valence-electron chi connectivity index (χ4n) is 4.10. The monoisotopic (exact) mass is 481 g/mol. The van der Waals surface area contributed by atoms with Crippen LogP contribution in [0.1, 0.15) is 27.5 Å². The molecule has 0 spiro atoms. The van der Waals surface area contributed by atoms with E-state index in [1.807, 2.05) is 0 Å². The molecule has 176 valence electrons. The van der Waals surface area contributed by atoms with Crippen LogP contribution in [0.5, 0.6) is 0 Å². The number of piperazine rings is 1. The van der Waals surface area contributed by atoms with Crippen LogP contribution in [0, 0.1) is 11.6 Å². The van der Waals surface area contributed by atoms with Gasteiger partial charge in [-0.3, -0.25) is 4.90 Å². The molecule has 1 aliphatic heterocycles. The van der Waals surface area contributed by atoms with Crippen LogP contribution < -0.4 is 5.32 Å². The number of benzene rings is 3. The third-order valence-electron chi connectivity index (χ3n) is 5.90. The van der Waals surface area contributed by atoms with Crippen molar-refractivity contribution in [1.82, 2.24) is 9.80 Å². The Kier molecular flexibility index (Phi) is 7.49. The lowest BCUT2D eigenvalue weighted by atomic mass is 9.96. The van der Waals surface area contributed by atoms with Gasteiger partial charge in [0, 0.05) is 31.9 Å². The van der Waals surface area contributed by atoms with Crippen LogP contribution in [0.3, 0.4) is 0 Å². The highest BCUT2D eigenvalue weighted by Gasteiger charge is 2.27. The van der Waals surface area contributed by atoms with Gasteiger partial charge in [-0.1, -0.05) is 24.3 Å². The van der Waals surface area contributed by atoms with Crippen molar-refractivity contribution in [2.24, 2.45) is 0 Å². The molecule has 0 saturated carbocycles. The number of hydrogen-bond acceptors (Lipinski definition) is 4. The number of halogens is 2. The van der Waals surface area contributed by atoms with E-state index in [9.17, 15) is 13.6 Å². The molecule has 0 amide bonds. The van der Waals surface area contributed by atoms with Gasteiger partial charge in [-0.05, 0) is 71.9 Å². The summed E-state index contributed by atoms with van der Waals surface area (Å²) in [5, 5.41) is 3.82. The maximum absolute atomic E-state index is 13.5. The summed E-state index contributed by atoms with van der Waals surface area (Å²) in [7, 11) is 1.35. The van der Waals surface area contributed by atoms with Crippen LogP contribution in [-0.4, -0.2) is 54.2 Å². The number of nitrogens with one attached hydrogen (secondary N) is 1. The first-order chi connectivity index (χ1) is 16.4. The van der Waals surface area contributed by atoms with Crippen molar-refractivity contribution in [3.63, 3.8) is 0 Å². The van der Waals surface area contributed by atoms with Crippen molar-refractivity contribution in [2.45, 2.75) is 6.04 Å². The van der Waals surface area contributed by atoms with Crippen molar-refractivity contribution in [1.29, 1.82) is 0 Å². The number of carbonyl (C=O) groups is 1. The summed E-state index contributed by atoms with van der Waals surface area (Å²) in [6.07, 6.45) is 0. The van der Waals surface area contributed by atoms with Gasteiger partial charge in [-0.25, -0.2) is 13.6 Å². The highest BCUT2D eigenvalue weighted by atomic mass is 32.1. The molecular weight excluding hydrogens is 456 g/mol. The van der Waals surface area contributed by atoms with Gasteiger partial charge in [0.05, 0.1) is 18.7 Å². The second kappa shape index (κ2) is 10.7. The second-order valence-electron chi connectivity index (χ2n) is 8.03. The standard InChI is InChI=1S/C26H25F2N3O2S/c1-33-25(32)20-6-12-23(13-7-20)29-26(34)31-16-14-30(15-17-31)24(18-2-8-21(27)9-3-18)19-4-10-22(28)11-5-19/h2-13,24H,14-17H2,1H3,(H,29,34). The van der Waals surface area contributed by atoms with Crippen LogP contribution >= 0.6 is 12.2 Å². The Hall–Kier alpha value is -3.36. The summed E-state index contributed by atoms with van der Waals surface area (Å²) in [6, 6.07) is 19.7. The Balaban J connectivity index is 1.43. The minimum Gasteiger partial charge on any atom is -0.465 e. The summed E-state index contributed by atoms with van der Waals surface area (Å²) in [5.74, 6) is -0.966. The van der Waals surface area contributed by atoms with Crippen LogP contribution in [0.2, 0.25) is 0 Å². The number of hydrogen-bond donors (Lipinski definition) is 1. The van der Waals surface area contributed by atoms with E-state index in [1.54, 1.807) is 48.5 Å². The van der Waals surface area contributed by atoms with Gasteiger partial charge in [0.1, 0.15) is 11.6 Å². The van der Waals surface area contributed by atoms with Crippen LogP contribution in [0.4, 0.5) is 14.5 Å². The van der Waals surface area contributed by atoms with Crippen molar-refractivity contribution in [2.75, 3.05) is 38.6 Å². The fraction of sp³-hybridized carbons (Fsp3) is 0.231. The first kappa shape index (κ1) is 23.8. The molecule has 0 radical (unpaired) electrons. The van der Waals surface area contributed by atoms with Crippen LogP contribution in [0.15, 0.2) is 72.8 Å². The van der Waals surface area contributed by atoms with E-state index in [0.717, 1.165) is 29.9 Å². The molecular formula is C26H25F2N3O2S. The van der Waals surface area contributed by atoms with Crippen molar-refractivity contribution in [3.05, 3.63) is 101 Å². The van der Waals surface area contributed by atoms with Gasteiger partial charge in [0.25, 0.3) is 0 Å². The molecule has 3 aromatic rings. The van der Waals surface area contributed by atoms with Gasteiger partial charge < -0.3 is 15.0 Å². The van der Waals surface area contributed by atoms with Gasteiger partial charge in [-0.2, -0.15) is 0 Å². The Labute approximate surface area is 202 Å². The topological polar surface area (TPSA) is 44.8 Å². The van der Waals surface area contributed by atoms with E-state index in [4.69, 9.17) is 17.0 Å². The van der Waals surface area contributed by atoms with E-state index in [0.29, 0.717) is 23.8 Å². The summed E-state index contributed by atoms with van der Waals surface area (Å²) in [6.45, 7) is 2.85. The average Bonchev–Trinajstić information content (AvgIpc) is 2.87.